The smallest absolute Gasteiger partial charge is 0.141 e. The van der Waals surface area contributed by atoms with Gasteiger partial charge in [0, 0.05) is 48.4 Å². The normalized spacial score (nSPS) is 17.4. The zero-order chi connectivity index (χ0) is 18.0. The molecule has 0 amide bonds. The molecule has 1 aliphatic heterocycles. The van der Waals surface area contributed by atoms with E-state index in [2.05, 4.69) is 55.3 Å². The summed E-state index contributed by atoms with van der Waals surface area (Å²) < 4.78 is 4.67. The molecule has 0 aliphatic carbocycles. The van der Waals surface area contributed by atoms with Crippen LogP contribution < -0.4 is 0 Å². The Morgan fingerprint density at radius 1 is 1.31 bits per heavy atom. The number of hydrogen-bond acceptors (Lipinski definition) is 5. The third-order valence-electron chi connectivity index (χ3n) is 5.24. The minimum absolute atomic E-state index is 0.123. The van der Waals surface area contributed by atoms with Crippen molar-refractivity contribution in [2.24, 2.45) is 0 Å². The summed E-state index contributed by atoms with van der Waals surface area (Å²) in [6.45, 7) is 4.22. The minimum Gasteiger partial charge on any atom is -0.346 e. The zero-order valence-corrected chi connectivity index (χ0v) is 15.7. The van der Waals surface area contributed by atoms with E-state index in [1.807, 2.05) is 24.2 Å². The Balaban J connectivity index is 1.65. The topological polar surface area (TPSA) is 73.5 Å². The average molecular weight is 366 g/mol. The van der Waals surface area contributed by atoms with Crippen LogP contribution in [0.3, 0.4) is 0 Å². The fourth-order valence-corrected chi connectivity index (χ4v) is 4.63. The highest BCUT2D eigenvalue weighted by atomic mass is 32.2. The van der Waals surface area contributed by atoms with Crippen LogP contribution in [0.4, 0.5) is 0 Å². The van der Waals surface area contributed by atoms with Gasteiger partial charge in [-0.05, 0) is 25.0 Å². The molecule has 1 aliphatic rings. The number of piperidine rings is 1. The predicted molar refractivity (Wildman–Crippen MR) is 104 cm³/mol. The Morgan fingerprint density at radius 3 is 2.92 bits per heavy atom. The molecular weight excluding hydrogens is 344 g/mol. The van der Waals surface area contributed by atoms with Crippen LogP contribution in [0.2, 0.25) is 0 Å². The quantitative estimate of drug-likeness (QED) is 0.695. The van der Waals surface area contributed by atoms with Gasteiger partial charge in [-0.15, -0.1) is 0 Å². The van der Waals surface area contributed by atoms with Crippen LogP contribution in [-0.2, 0) is 5.54 Å². The third kappa shape index (κ3) is 3.00. The SMILES string of the molecule is CCSN1CCC(CC#N)(n2ccc(-c3ncnc4[nH]ccc34)c2)CC1. The van der Waals surface area contributed by atoms with E-state index in [0.717, 1.165) is 54.0 Å². The lowest BCUT2D eigenvalue weighted by atomic mass is 9.85. The van der Waals surface area contributed by atoms with Crippen LogP contribution >= 0.6 is 11.9 Å². The number of nitrogens with one attached hydrogen (secondary N) is 1. The molecule has 0 bridgehead atoms. The van der Waals surface area contributed by atoms with Crippen molar-refractivity contribution in [2.45, 2.75) is 31.7 Å². The van der Waals surface area contributed by atoms with E-state index in [4.69, 9.17) is 0 Å². The van der Waals surface area contributed by atoms with E-state index in [1.165, 1.54) is 0 Å². The number of fused-ring (bicyclic) bond motifs is 1. The molecule has 4 rings (SSSR count). The van der Waals surface area contributed by atoms with Gasteiger partial charge in [0.15, 0.2) is 0 Å². The molecule has 6 nitrogen and oxygen atoms in total. The molecule has 3 aromatic heterocycles. The number of H-pyrrole nitrogens is 1. The molecule has 7 heteroatoms. The van der Waals surface area contributed by atoms with Gasteiger partial charge in [0.2, 0.25) is 0 Å². The van der Waals surface area contributed by atoms with Crippen molar-refractivity contribution in [3.05, 3.63) is 37.1 Å². The van der Waals surface area contributed by atoms with Crippen LogP contribution in [0.15, 0.2) is 37.1 Å². The van der Waals surface area contributed by atoms with Crippen molar-refractivity contribution in [1.29, 1.82) is 5.26 Å². The van der Waals surface area contributed by atoms with Crippen molar-refractivity contribution in [3.63, 3.8) is 0 Å². The Bertz CT molecular complexity index is 929. The maximum atomic E-state index is 9.44. The molecule has 4 heterocycles. The van der Waals surface area contributed by atoms with Crippen LogP contribution in [0.25, 0.3) is 22.3 Å². The molecule has 26 heavy (non-hydrogen) atoms. The maximum Gasteiger partial charge on any atom is 0.141 e. The zero-order valence-electron chi connectivity index (χ0n) is 14.9. The molecule has 1 saturated heterocycles. The molecule has 0 unspecified atom stereocenters. The van der Waals surface area contributed by atoms with E-state index in [0.29, 0.717) is 6.42 Å². The van der Waals surface area contributed by atoms with Gasteiger partial charge in [-0.3, -0.25) is 4.31 Å². The third-order valence-corrected chi connectivity index (χ3v) is 6.23. The van der Waals surface area contributed by atoms with E-state index in [1.54, 1.807) is 6.33 Å². The average Bonchev–Trinajstić information content (AvgIpc) is 3.33. The summed E-state index contributed by atoms with van der Waals surface area (Å²) in [4.78, 5) is 11.9. The number of nitrogens with zero attached hydrogens (tertiary/aromatic N) is 5. The van der Waals surface area contributed by atoms with Gasteiger partial charge in [0.05, 0.1) is 23.7 Å². The van der Waals surface area contributed by atoms with Gasteiger partial charge >= 0.3 is 0 Å². The fraction of sp³-hybridized carbons (Fsp3) is 0.421. The number of rotatable bonds is 5. The molecule has 1 N–H and O–H groups in total. The van der Waals surface area contributed by atoms with Crippen molar-refractivity contribution >= 4 is 23.0 Å². The first-order chi connectivity index (χ1) is 12.8. The van der Waals surface area contributed by atoms with Crippen molar-refractivity contribution in [3.8, 4) is 17.3 Å². The van der Waals surface area contributed by atoms with Gasteiger partial charge in [0.1, 0.15) is 12.0 Å². The summed E-state index contributed by atoms with van der Waals surface area (Å²) in [5.74, 6) is 1.10. The highest BCUT2D eigenvalue weighted by molar-refractivity contribution is 7.96. The summed E-state index contributed by atoms with van der Waals surface area (Å²) in [6, 6.07) is 6.53. The van der Waals surface area contributed by atoms with Crippen molar-refractivity contribution in [2.75, 3.05) is 18.8 Å². The number of hydrogen-bond donors (Lipinski definition) is 1. The van der Waals surface area contributed by atoms with E-state index in [9.17, 15) is 5.26 Å². The van der Waals surface area contributed by atoms with Gasteiger partial charge in [-0.1, -0.05) is 18.9 Å². The van der Waals surface area contributed by atoms with Crippen LogP contribution in [0.5, 0.6) is 0 Å². The van der Waals surface area contributed by atoms with Gasteiger partial charge in [-0.25, -0.2) is 9.97 Å². The number of nitriles is 1. The maximum absolute atomic E-state index is 9.44. The summed E-state index contributed by atoms with van der Waals surface area (Å²) in [7, 11) is 0. The summed E-state index contributed by atoms with van der Waals surface area (Å²) in [6.07, 6.45) is 10.3. The van der Waals surface area contributed by atoms with Crippen molar-refractivity contribution < 1.29 is 0 Å². The monoisotopic (exact) mass is 366 g/mol. The highest BCUT2D eigenvalue weighted by Crippen LogP contribution is 2.37. The summed E-state index contributed by atoms with van der Waals surface area (Å²) in [5.41, 5.74) is 2.72. The Morgan fingerprint density at radius 2 is 2.15 bits per heavy atom. The molecule has 0 radical (unpaired) electrons. The highest BCUT2D eigenvalue weighted by Gasteiger charge is 2.36. The molecule has 3 aromatic rings. The summed E-state index contributed by atoms with van der Waals surface area (Å²) in [5, 5.41) is 10.5. The first kappa shape index (κ1) is 17.1. The Hall–Kier alpha value is -2.30. The van der Waals surface area contributed by atoms with E-state index in [-0.39, 0.29) is 5.54 Å². The Labute approximate surface area is 157 Å². The van der Waals surface area contributed by atoms with Gasteiger partial charge in [0.25, 0.3) is 0 Å². The van der Waals surface area contributed by atoms with E-state index >= 15 is 0 Å². The van der Waals surface area contributed by atoms with Crippen LogP contribution in [-0.4, -0.2) is 42.7 Å². The largest absolute Gasteiger partial charge is 0.346 e. The second-order valence-corrected chi connectivity index (χ2v) is 8.03. The van der Waals surface area contributed by atoms with Gasteiger partial charge in [-0.2, -0.15) is 5.26 Å². The van der Waals surface area contributed by atoms with Crippen molar-refractivity contribution in [1.82, 2.24) is 23.8 Å². The molecule has 0 atom stereocenters. The lowest BCUT2D eigenvalue weighted by Gasteiger charge is -2.41. The molecule has 134 valence electrons. The molecule has 1 fully saturated rings. The van der Waals surface area contributed by atoms with Gasteiger partial charge < -0.3 is 9.55 Å². The molecular formula is C19H22N6S. The lowest BCUT2D eigenvalue weighted by molar-refractivity contribution is 0.170. The van der Waals surface area contributed by atoms with Crippen LogP contribution in [0, 0.1) is 11.3 Å². The fourth-order valence-electron chi connectivity index (χ4n) is 3.82. The number of aromatic amines is 1. The lowest BCUT2D eigenvalue weighted by Crippen LogP contribution is -2.43. The Kier molecular flexibility index (Phi) is 4.70. The number of aromatic nitrogens is 4. The summed E-state index contributed by atoms with van der Waals surface area (Å²) >= 11 is 1.89. The molecule has 0 aromatic carbocycles. The molecule has 0 spiro atoms. The standard InChI is InChI=1S/C19H22N6S/c1-2-26-25-11-6-19(5-8-20,7-12-25)24-10-4-15(13-24)17-16-3-9-21-18(16)23-14-22-17/h3-4,9-10,13-14H,2,5-7,11-12H2,1H3,(H,21,22,23). The van der Waals surface area contributed by atoms with Crippen LogP contribution in [0.1, 0.15) is 26.2 Å². The first-order valence-corrected chi connectivity index (χ1v) is 9.92. The van der Waals surface area contributed by atoms with E-state index < -0.39 is 0 Å². The minimum atomic E-state index is -0.123. The second-order valence-electron chi connectivity index (χ2n) is 6.68. The molecule has 0 saturated carbocycles. The first-order valence-electron chi connectivity index (χ1n) is 8.97. The predicted octanol–water partition coefficient (Wildman–Crippen LogP) is 3.80. The second kappa shape index (κ2) is 7.14.